The second-order valence-corrected chi connectivity index (χ2v) is 5.22. The number of anilines is 2. The molecular weight excluding hydrogens is 266 g/mol. The second kappa shape index (κ2) is 4.69. The number of rotatable bonds is 4. The number of aromatic nitrogens is 5. The number of fused-ring (bicyclic) bond motifs is 1. The first-order valence-corrected chi connectivity index (χ1v) is 6.94. The van der Waals surface area contributed by atoms with Gasteiger partial charge >= 0.3 is 0 Å². The van der Waals surface area contributed by atoms with E-state index in [-0.39, 0.29) is 5.95 Å². The van der Waals surface area contributed by atoms with E-state index in [9.17, 15) is 0 Å². The summed E-state index contributed by atoms with van der Waals surface area (Å²) in [7, 11) is 0. The molecule has 0 amide bonds. The van der Waals surface area contributed by atoms with Crippen LogP contribution in [0, 0.1) is 0 Å². The zero-order valence-electron chi connectivity index (χ0n) is 11.4. The van der Waals surface area contributed by atoms with E-state index in [4.69, 9.17) is 5.73 Å². The summed E-state index contributed by atoms with van der Waals surface area (Å²) in [5, 5.41) is 7.80. The van der Waals surface area contributed by atoms with Crippen molar-refractivity contribution in [2.75, 3.05) is 10.6 Å². The zero-order valence-corrected chi connectivity index (χ0v) is 11.4. The fraction of sp³-hybridized carbons (Fsp3) is 0.286. The summed E-state index contributed by atoms with van der Waals surface area (Å²) in [5.74, 6) is 1.09. The van der Waals surface area contributed by atoms with Crippen LogP contribution in [0.1, 0.15) is 18.5 Å². The molecule has 0 aromatic carbocycles. The third-order valence-electron chi connectivity index (χ3n) is 3.63. The molecule has 3 heterocycles. The summed E-state index contributed by atoms with van der Waals surface area (Å²) in [4.78, 5) is 15.3. The molecular formula is C14H15N7. The Hall–Kier alpha value is -2.70. The number of nitrogens with two attached hydrogens (primary N) is 1. The molecule has 1 fully saturated rings. The summed E-state index contributed by atoms with van der Waals surface area (Å²) < 4.78 is 0. The normalized spacial score (nSPS) is 14.5. The molecule has 106 valence electrons. The van der Waals surface area contributed by atoms with Crippen molar-refractivity contribution in [1.82, 2.24) is 25.1 Å². The van der Waals surface area contributed by atoms with Crippen LogP contribution in [0.4, 0.5) is 11.8 Å². The number of hydrogen-bond donors (Lipinski definition) is 2. The van der Waals surface area contributed by atoms with Crippen molar-refractivity contribution in [3.8, 4) is 0 Å². The van der Waals surface area contributed by atoms with E-state index in [2.05, 4.69) is 30.0 Å². The van der Waals surface area contributed by atoms with Gasteiger partial charge in [-0.25, -0.2) is 0 Å². The third-order valence-corrected chi connectivity index (χ3v) is 3.63. The minimum Gasteiger partial charge on any atom is -0.368 e. The molecule has 0 spiro atoms. The summed E-state index contributed by atoms with van der Waals surface area (Å²) in [6.45, 7) is 0.711. The largest absolute Gasteiger partial charge is 0.368 e. The van der Waals surface area contributed by atoms with Gasteiger partial charge in [-0.1, -0.05) is 6.07 Å². The van der Waals surface area contributed by atoms with Gasteiger partial charge in [-0.05, 0) is 25.0 Å². The Morgan fingerprint density at radius 2 is 2.19 bits per heavy atom. The molecule has 3 aromatic heterocycles. The van der Waals surface area contributed by atoms with E-state index < -0.39 is 0 Å². The van der Waals surface area contributed by atoms with Crippen LogP contribution >= 0.6 is 0 Å². The molecule has 7 nitrogen and oxygen atoms in total. The molecule has 0 aliphatic heterocycles. The minimum absolute atomic E-state index is 0.258. The lowest BCUT2D eigenvalue weighted by molar-refractivity contribution is 0.765. The molecule has 1 aliphatic carbocycles. The Morgan fingerprint density at radius 1 is 1.29 bits per heavy atom. The quantitative estimate of drug-likeness (QED) is 0.752. The summed E-state index contributed by atoms with van der Waals surface area (Å²) >= 11 is 0. The molecule has 4 rings (SSSR count). The molecule has 1 aliphatic rings. The standard InChI is InChI=1S/C14H15N7/c15-14-18-12-11(7-17-20-12)13(19-14)21(10-4-5-10)8-9-3-1-2-6-16-9/h1-3,6-7,10H,4-5,8H2,(H3,15,17,18,19,20). The van der Waals surface area contributed by atoms with Crippen molar-refractivity contribution in [1.29, 1.82) is 0 Å². The maximum Gasteiger partial charge on any atom is 0.224 e. The highest BCUT2D eigenvalue weighted by molar-refractivity contribution is 5.87. The van der Waals surface area contributed by atoms with Gasteiger partial charge in [-0.2, -0.15) is 15.1 Å². The maximum absolute atomic E-state index is 5.82. The highest BCUT2D eigenvalue weighted by Gasteiger charge is 2.32. The lowest BCUT2D eigenvalue weighted by Gasteiger charge is -2.23. The van der Waals surface area contributed by atoms with Gasteiger partial charge in [0.25, 0.3) is 0 Å². The Kier molecular flexibility index (Phi) is 2.70. The molecule has 7 heteroatoms. The van der Waals surface area contributed by atoms with E-state index in [1.165, 1.54) is 0 Å². The van der Waals surface area contributed by atoms with Gasteiger partial charge in [-0.3, -0.25) is 10.1 Å². The van der Waals surface area contributed by atoms with Crippen molar-refractivity contribution in [2.24, 2.45) is 0 Å². The first kappa shape index (κ1) is 12.1. The summed E-state index contributed by atoms with van der Waals surface area (Å²) in [5.41, 5.74) is 7.51. The topological polar surface area (TPSA) is 96.6 Å². The van der Waals surface area contributed by atoms with Crippen LogP contribution in [-0.4, -0.2) is 31.2 Å². The van der Waals surface area contributed by atoms with Gasteiger partial charge in [0.2, 0.25) is 5.95 Å². The molecule has 0 bridgehead atoms. The van der Waals surface area contributed by atoms with Crippen LogP contribution in [0.3, 0.4) is 0 Å². The van der Waals surface area contributed by atoms with Crippen molar-refractivity contribution in [3.63, 3.8) is 0 Å². The van der Waals surface area contributed by atoms with Crippen LogP contribution in [0.5, 0.6) is 0 Å². The Morgan fingerprint density at radius 3 is 2.95 bits per heavy atom. The van der Waals surface area contributed by atoms with Crippen molar-refractivity contribution in [3.05, 3.63) is 36.3 Å². The molecule has 0 unspecified atom stereocenters. The SMILES string of the molecule is Nc1nc(N(Cc2ccccn2)C2CC2)c2cn[nH]c2n1. The summed E-state index contributed by atoms with van der Waals surface area (Å²) in [6, 6.07) is 6.42. The predicted molar refractivity (Wildman–Crippen MR) is 79.5 cm³/mol. The van der Waals surface area contributed by atoms with E-state index >= 15 is 0 Å². The van der Waals surface area contributed by atoms with Gasteiger partial charge in [0.1, 0.15) is 5.82 Å². The zero-order chi connectivity index (χ0) is 14.2. The van der Waals surface area contributed by atoms with Crippen LogP contribution < -0.4 is 10.6 Å². The fourth-order valence-corrected chi connectivity index (χ4v) is 2.48. The highest BCUT2D eigenvalue weighted by Crippen LogP contribution is 2.35. The molecule has 0 saturated heterocycles. The highest BCUT2D eigenvalue weighted by atomic mass is 15.3. The molecule has 3 N–H and O–H groups in total. The number of nitrogens with one attached hydrogen (secondary N) is 1. The van der Waals surface area contributed by atoms with E-state index in [0.29, 0.717) is 18.2 Å². The molecule has 0 radical (unpaired) electrons. The van der Waals surface area contributed by atoms with E-state index in [1.807, 2.05) is 24.4 Å². The molecule has 3 aromatic rings. The first-order chi connectivity index (χ1) is 10.3. The monoisotopic (exact) mass is 281 g/mol. The van der Waals surface area contributed by atoms with E-state index in [0.717, 1.165) is 29.7 Å². The molecule has 0 atom stereocenters. The van der Waals surface area contributed by atoms with Crippen molar-refractivity contribution < 1.29 is 0 Å². The number of nitrogens with zero attached hydrogens (tertiary/aromatic N) is 5. The second-order valence-electron chi connectivity index (χ2n) is 5.22. The van der Waals surface area contributed by atoms with Crippen LogP contribution in [0.25, 0.3) is 11.0 Å². The van der Waals surface area contributed by atoms with Gasteiger partial charge in [-0.15, -0.1) is 0 Å². The Balaban J connectivity index is 1.77. The first-order valence-electron chi connectivity index (χ1n) is 6.94. The maximum atomic E-state index is 5.82. The average Bonchev–Trinajstić information content (AvgIpc) is 3.23. The summed E-state index contributed by atoms with van der Waals surface area (Å²) in [6.07, 6.45) is 5.88. The predicted octanol–water partition coefficient (Wildman–Crippen LogP) is 1.50. The van der Waals surface area contributed by atoms with E-state index in [1.54, 1.807) is 6.20 Å². The smallest absolute Gasteiger partial charge is 0.224 e. The van der Waals surface area contributed by atoms with Crippen LogP contribution in [0.2, 0.25) is 0 Å². The number of pyridine rings is 1. The average molecular weight is 281 g/mol. The molecule has 1 saturated carbocycles. The Labute approximate surface area is 121 Å². The fourth-order valence-electron chi connectivity index (χ4n) is 2.48. The minimum atomic E-state index is 0.258. The lowest BCUT2D eigenvalue weighted by atomic mass is 10.3. The van der Waals surface area contributed by atoms with Crippen LogP contribution in [0.15, 0.2) is 30.6 Å². The van der Waals surface area contributed by atoms with Gasteiger partial charge in [0.05, 0.1) is 23.8 Å². The Bertz CT molecular complexity index is 763. The molecule has 21 heavy (non-hydrogen) atoms. The number of H-pyrrole nitrogens is 1. The number of nitrogen functional groups attached to an aromatic ring is 1. The third kappa shape index (κ3) is 2.26. The van der Waals surface area contributed by atoms with Crippen molar-refractivity contribution >= 4 is 22.8 Å². The van der Waals surface area contributed by atoms with Crippen molar-refractivity contribution in [2.45, 2.75) is 25.4 Å². The number of aromatic amines is 1. The lowest BCUT2D eigenvalue weighted by Crippen LogP contribution is -2.27. The number of hydrogen-bond acceptors (Lipinski definition) is 6. The van der Waals surface area contributed by atoms with Gasteiger partial charge in [0.15, 0.2) is 5.65 Å². The van der Waals surface area contributed by atoms with Gasteiger partial charge < -0.3 is 10.6 Å². The van der Waals surface area contributed by atoms with Crippen LogP contribution in [-0.2, 0) is 6.54 Å². The van der Waals surface area contributed by atoms with Gasteiger partial charge in [0, 0.05) is 12.2 Å².